The minimum absolute atomic E-state index is 0.174. The van der Waals surface area contributed by atoms with Crippen molar-refractivity contribution in [2.45, 2.75) is 59.4 Å². The molecule has 0 aromatic rings. The van der Waals surface area contributed by atoms with Crippen LogP contribution in [0.1, 0.15) is 47.0 Å². The van der Waals surface area contributed by atoms with E-state index in [2.05, 4.69) is 5.10 Å². The highest BCUT2D eigenvalue weighted by Crippen LogP contribution is 2.34. The van der Waals surface area contributed by atoms with Gasteiger partial charge in [0.05, 0.1) is 0 Å². The normalized spacial score (nSPS) is 20.9. The van der Waals surface area contributed by atoms with E-state index >= 15 is 0 Å². The fraction of sp³-hybridized carbons (Fsp3) is 0.917. The average molecular weight is 265 g/mol. The van der Waals surface area contributed by atoms with Crippen LogP contribution in [-0.4, -0.2) is 35.3 Å². The first-order valence-corrected chi connectivity index (χ1v) is 6.31. The second-order valence-corrected chi connectivity index (χ2v) is 5.87. The summed E-state index contributed by atoms with van der Waals surface area (Å²) in [5.41, 5.74) is -0.174. The highest BCUT2D eigenvalue weighted by atomic mass is 19.4. The van der Waals surface area contributed by atoms with Crippen LogP contribution in [0.25, 0.3) is 0 Å². The van der Waals surface area contributed by atoms with Crippen LogP contribution < -0.4 is 0 Å². The summed E-state index contributed by atoms with van der Waals surface area (Å²) in [5, 5.41) is 5.46. The topological polar surface area (TPSA) is 18.8 Å². The standard InChI is InChI=1S/C12H22F3N3/c1-5-6-7-18-10(8-11(2,3)4)17(9-16-18)12(13,14)15/h9-10H,5-8H2,1-4H3. The lowest BCUT2D eigenvalue weighted by Crippen LogP contribution is -2.49. The maximum absolute atomic E-state index is 12.9. The SMILES string of the molecule is CCCCN1N=CN(C(F)(F)F)C1CC(C)(C)C. The fourth-order valence-corrected chi connectivity index (χ4v) is 1.93. The van der Waals surface area contributed by atoms with Gasteiger partial charge in [-0.2, -0.15) is 5.10 Å². The van der Waals surface area contributed by atoms with Crippen molar-refractivity contribution < 1.29 is 13.2 Å². The lowest BCUT2D eigenvalue weighted by Gasteiger charge is -2.35. The molecule has 0 fully saturated rings. The third-order valence-electron chi connectivity index (χ3n) is 2.82. The van der Waals surface area contributed by atoms with E-state index in [4.69, 9.17) is 0 Å². The Morgan fingerprint density at radius 2 is 1.83 bits per heavy atom. The first kappa shape index (κ1) is 15.1. The smallest absolute Gasteiger partial charge is 0.273 e. The van der Waals surface area contributed by atoms with Gasteiger partial charge in [0.15, 0.2) is 0 Å². The number of hydrogen-bond donors (Lipinski definition) is 0. The summed E-state index contributed by atoms with van der Waals surface area (Å²) in [7, 11) is 0. The number of rotatable bonds is 4. The number of alkyl halides is 3. The molecule has 1 aliphatic rings. The molecule has 18 heavy (non-hydrogen) atoms. The van der Waals surface area contributed by atoms with Gasteiger partial charge in [0.1, 0.15) is 12.5 Å². The summed E-state index contributed by atoms with van der Waals surface area (Å²) < 4.78 is 38.7. The van der Waals surface area contributed by atoms with Crippen LogP contribution in [0.15, 0.2) is 5.10 Å². The third kappa shape index (κ3) is 4.07. The second-order valence-electron chi connectivity index (χ2n) is 5.87. The Morgan fingerprint density at radius 3 is 2.28 bits per heavy atom. The molecule has 0 radical (unpaired) electrons. The van der Waals surface area contributed by atoms with Gasteiger partial charge in [-0.3, -0.25) is 9.91 Å². The molecule has 0 saturated heterocycles. The Bertz CT molecular complexity index is 294. The summed E-state index contributed by atoms with van der Waals surface area (Å²) in [6.45, 7) is 8.41. The van der Waals surface area contributed by atoms with Gasteiger partial charge in [-0.1, -0.05) is 34.1 Å². The molecule has 0 aromatic heterocycles. The monoisotopic (exact) mass is 265 g/mol. The van der Waals surface area contributed by atoms with Gasteiger partial charge in [0, 0.05) is 6.54 Å². The molecule has 0 spiro atoms. The Kier molecular flexibility index (Phi) is 4.50. The molecule has 0 amide bonds. The van der Waals surface area contributed by atoms with Crippen LogP contribution in [0.3, 0.4) is 0 Å². The quantitative estimate of drug-likeness (QED) is 0.723. The van der Waals surface area contributed by atoms with Gasteiger partial charge >= 0.3 is 6.30 Å². The first-order valence-electron chi connectivity index (χ1n) is 6.31. The van der Waals surface area contributed by atoms with Crippen molar-refractivity contribution in [2.24, 2.45) is 10.5 Å². The van der Waals surface area contributed by atoms with Crippen LogP contribution in [0, 0.1) is 5.41 Å². The van der Waals surface area contributed by atoms with Gasteiger partial charge in [0.2, 0.25) is 0 Å². The number of unbranched alkanes of at least 4 members (excludes halogenated alkanes) is 1. The zero-order chi connectivity index (χ0) is 14.0. The van der Waals surface area contributed by atoms with E-state index in [9.17, 15) is 13.2 Å². The third-order valence-corrected chi connectivity index (χ3v) is 2.82. The lowest BCUT2D eigenvalue weighted by atomic mass is 9.90. The van der Waals surface area contributed by atoms with Crippen molar-refractivity contribution in [1.82, 2.24) is 9.91 Å². The molecule has 0 aromatic carbocycles. The number of hydrogen-bond acceptors (Lipinski definition) is 3. The highest BCUT2D eigenvalue weighted by Gasteiger charge is 2.46. The van der Waals surface area contributed by atoms with Crippen molar-refractivity contribution in [3.05, 3.63) is 0 Å². The zero-order valence-electron chi connectivity index (χ0n) is 11.5. The largest absolute Gasteiger partial charge is 0.487 e. The Labute approximate surface area is 107 Å². The van der Waals surface area contributed by atoms with Crippen molar-refractivity contribution in [1.29, 1.82) is 0 Å². The minimum Gasteiger partial charge on any atom is -0.273 e. The summed E-state index contributed by atoms with van der Waals surface area (Å²) >= 11 is 0. The Hall–Kier alpha value is -0.940. The molecule has 1 aliphatic heterocycles. The van der Waals surface area contributed by atoms with Crippen LogP contribution in [0.4, 0.5) is 13.2 Å². The van der Waals surface area contributed by atoms with Gasteiger partial charge < -0.3 is 0 Å². The molecule has 0 bridgehead atoms. The number of halogens is 3. The maximum Gasteiger partial charge on any atom is 0.487 e. The van der Waals surface area contributed by atoms with E-state index in [-0.39, 0.29) is 5.41 Å². The molecule has 1 rings (SSSR count). The van der Waals surface area contributed by atoms with E-state index in [0.29, 0.717) is 17.9 Å². The van der Waals surface area contributed by atoms with Crippen LogP contribution in [-0.2, 0) is 0 Å². The van der Waals surface area contributed by atoms with E-state index in [1.54, 1.807) is 5.01 Å². The molecule has 1 atom stereocenters. The highest BCUT2D eigenvalue weighted by molar-refractivity contribution is 5.57. The predicted molar refractivity (Wildman–Crippen MR) is 65.9 cm³/mol. The number of hydrazone groups is 1. The second kappa shape index (κ2) is 5.36. The molecular weight excluding hydrogens is 243 g/mol. The van der Waals surface area contributed by atoms with Gasteiger partial charge in [-0.15, -0.1) is 13.2 Å². The summed E-state index contributed by atoms with van der Waals surface area (Å²) in [5.74, 6) is 0. The predicted octanol–water partition coefficient (Wildman–Crippen LogP) is 3.63. The van der Waals surface area contributed by atoms with Crippen molar-refractivity contribution in [2.75, 3.05) is 6.54 Å². The summed E-state index contributed by atoms with van der Waals surface area (Å²) in [6.07, 6.45) is -1.94. The first-order chi connectivity index (χ1) is 8.15. The molecule has 0 N–H and O–H groups in total. The van der Waals surface area contributed by atoms with Gasteiger partial charge in [-0.05, 0) is 18.3 Å². The van der Waals surface area contributed by atoms with E-state index in [1.165, 1.54) is 0 Å². The Balaban J connectivity index is 2.79. The zero-order valence-corrected chi connectivity index (χ0v) is 11.5. The van der Waals surface area contributed by atoms with Crippen LogP contribution >= 0.6 is 0 Å². The van der Waals surface area contributed by atoms with Crippen molar-refractivity contribution >= 4 is 6.34 Å². The van der Waals surface area contributed by atoms with Gasteiger partial charge in [0.25, 0.3) is 0 Å². The summed E-state index contributed by atoms with van der Waals surface area (Å²) in [6, 6.07) is 0. The average Bonchev–Trinajstić information content (AvgIpc) is 2.54. The lowest BCUT2D eigenvalue weighted by molar-refractivity contribution is -0.237. The molecule has 3 nitrogen and oxygen atoms in total. The molecular formula is C12H22F3N3. The van der Waals surface area contributed by atoms with Crippen molar-refractivity contribution in [3.8, 4) is 0 Å². The molecule has 6 heteroatoms. The van der Waals surface area contributed by atoms with Crippen molar-refractivity contribution in [3.63, 3.8) is 0 Å². The molecule has 1 unspecified atom stereocenters. The summed E-state index contributed by atoms with van der Waals surface area (Å²) in [4.78, 5) is 0.411. The fourth-order valence-electron chi connectivity index (χ4n) is 1.93. The molecule has 0 aliphatic carbocycles. The molecule has 106 valence electrons. The Morgan fingerprint density at radius 1 is 1.22 bits per heavy atom. The van der Waals surface area contributed by atoms with E-state index in [0.717, 1.165) is 19.2 Å². The number of nitrogens with zero attached hydrogens (tertiary/aromatic N) is 3. The van der Waals surface area contributed by atoms with Gasteiger partial charge in [-0.25, -0.2) is 0 Å². The minimum atomic E-state index is -4.36. The molecule has 0 saturated carbocycles. The van der Waals surface area contributed by atoms with E-state index in [1.807, 2.05) is 27.7 Å². The molecule has 1 heterocycles. The maximum atomic E-state index is 12.9. The van der Waals surface area contributed by atoms with E-state index < -0.39 is 12.5 Å². The van der Waals surface area contributed by atoms with Crippen LogP contribution in [0.5, 0.6) is 0 Å². The van der Waals surface area contributed by atoms with Crippen LogP contribution in [0.2, 0.25) is 0 Å².